The lowest BCUT2D eigenvalue weighted by Gasteiger charge is -2.22. The second-order valence-electron chi connectivity index (χ2n) is 6.52. The summed E-state index contributed by atoms with van der Waals surface area (Å²) < 4.78 is 38.5. The average molecular weight is 455 g/mol. The van der Waals surface area contributed by atoms with Crippen molar-refractivity contribution >= 4 is 18.8 Å². The summed E-state index contributed by atoms with van der Waals surface area (Å²) in [6, 6.07) is 7.65. The van der Waals surface area contributed by atoms with E-state index in [-0.39, 0.29) is 11.2 Å². The molecule has 0 radical (unpaired) electrons. The van der Waals surface area contributed by atoms with E-state index in [1.54, 1.807) is 6.20 Å². The van der Waals surface area contributed by atoms with Crippen LogP contribution in [0.3, 0.4) is 0 Å². The zero-order valence-electron chi connectivity index (χ0n) is 17.4. The normalized spacial score (nSPS) is 13.6. The highest BCUT2D eigenvalue weighted by atomic mass is 19.4. The van der Waals surface area contributed by atoms with Crippen LogP contribution < -0.4 is 10.2 Å². The van der Waals surface area contributed by atoms with Gasteiger partial charge in [-0.25, -0.2) is 0 Å². The van der Waals surface area contributed by atoms with Gasteiger partial charge in [0, 0.05) is 49.8 Å². The van der Waals surface area contributed by atoms with Gasteiger partial charge in [0.15, 0.2) is 12.0 Å². The van der Waals surface area contributed by atoms with Crippen LogP contribution in [0.5, 0.6) is 5.75 Å². The Balaban J connectivity index is 0.000000307. The van der Waals surface area contributed by atoms with Crippen molar-refractivity contribution in [3.8, 4) is 5.75 Å². The molecule has 1 aromatic carbocycles. The van der Waals surface area contributed by atoms with E-state index in [1.165, 1.54) is 24.3 Å². The number of halogens is 3. The molecule has 0 bridgehead atoms. The number of alkyl halides is 3. The number of oxime groups is 1. The lowest BCUT2D eigenvalue weighted by molar-refractivity contribution is -0.274. The average Bonchev–Trinajstić information content (AvgIpc) is 2.77. The third kappa shape index (κ3) is 11.1. The molecule has 8 nitrogen and oxygen atoms in total. The first-order valence-corrected chi connectivity index (χ1v) is 9.39. The summed E-state index contributed by atoms with van der Waals surface area (Å²) >= 11 is 0. The van der Waals surface area contributed by atoms with Gasteiger partial charge in [0.1, 0.15) is 18.8 Å². The first-order chi connectivity index (χ1) is 15.2. The molecule has 0 aliphatic carbocycles. The molecule has 2 heterocycles. The first kappa shape index (κ1) is 26.6. The Morgan fingerprint density at radius 1 is 1.16 bits per heavy atom. The number of rotatable bonds is 5. The summed E-state index contributed by atoms with van der Waals surface area (Å²) in [4.78, 5) is 39.7. The van der Waals surface area contributed by atoms with Crippen molar-refractivity contribution in [3.05, 3.63) is 64.1 Å². The molecule has 0 amide bonds. The van der Waals surface area contributed by atoms with Crippen LogP contribution in [0.25, 0.3) is 0 Å². The van der Waals surface area contributed by atoms with Crippen molar-refractivity contribution in [1.82, 2.24) is 9.88 Å². The molecule has 1 aliphatic rings. The Hall–Kier alpha value is -3.47. The van der Waals surface area contributed by atoms with Crippen LogP contribution in [0.4, 0.5) is 13.2 Å². The number of aromatic nitrogens is 1. The fourth-order valence-electron chi connectivity index (χ4n) is 2.48. The van der Waals surface area contributed by atoms with Crippen LogP contribution >= 0.6 is 0 Å². The van der Waals surface area contributed by atoms with Gasteiger partial charge in [0.25, 0.3) is 0 Å². The second-order valence-corrected chi connectivity index (χ2v) is 6.52. The molecule has 0 spiro atoms. The van der Waals surface area contributed by atoms with E-state index in [2.05, 4.69) is 26.8 Å². The van der Waals surface area contributed by atoms with Crippen molar-refractivity contribution in [2.75, 3.05) is 20.1 Å². The van der Waals surface area contributed by atoms with Gasteiger partial charge in [-0.2, -0.15) is 0 Å². The molecule has 0 saturated carbocycles. The molecule has 1 aromatic heterocycles. The maximum Gasteiger partial charge on any atom is 0.573 e. The third-order valence-corrected chi connectivity index (χ3v) is 4.06. The van der Waals surface area contributed by atoms with E-state index in [0.29, 0.717) is 18.5 Å². The number of likely N-dealkylation sites (tertiary alicyclic amines) is 1. The van der Waals surface area contributed by atoms with Crippen molar-refractivity contribution in [2.24, 2.45) is 5.16 Å². The van der Waals surface area contributed by atoms with Gasteiger partial charge in [0.05, 0.1) is 11.4 Å². The Labute approximate surface area is 182 Å². The van der Waals surface area contributed by atoms with Gasteiger partial charge in [-0.3, -0.25) is 9.59 Å². The number of ether oxygens (including phenoxy) is 1. The lowest BCUT2D eigenvalue weighted by Crippen LogP contribution is -2.30. The quantitative estimate of drug-likeness (QED) is 0.549. The van der Waals surface area contributed by atoms with Crippen LogP contribution in [-0.2, 0) is 16.2 Å². The number of aromatic amines is 1. The van der Waals surface area contributed by atoms with Gasteiger partial charge in [-0.05, 0) is 31.3 Å². The minimum absolute atomic E-state index is 0.0192. The summed E-state index contributed by atoms with van der Waals surface area (Å²) in [6.45, 7) is 4.38. The molecule has 11 heteroatoms. The number of hydrogen-bond donors (Lipinski definition) is 1. The van der Waals surface area contributed by atoms with Gasteiger partial charge < -0.3 is 24.3 Å². The molecule has 3 rings (SSSR count). The zero-order chi connectivity index (χ0) is 24.0. The summed E-state index contributed by atoms with van der Waals surface area (Å²) in [7, 11) is 2.10. The Kier molecular flexibility index (Phi) is 11.4. The van der Waals surface area contributed by atoms with Crippen LogP contribution in [0.1, 0.15) is 28.9 Å². The predicted molar refractivity (Wildman–Crippen MR) is 112 cm³/mol. The van der Waals surface area contributed by atoms with Crippen molar-refractivity contribution in [2.45, 2.75) is 25.8 Å². The number of pyridine rings is 1. The molecule has 174 valence electrons. The number of H-pyrrole nitrogens is 1. The zero-order valence-corrected chi connectivity index (χ0v) is 17.4. The number of nitrogens with zero attached hydrogens (tertiary/aromatic N) is 2. The molecular weight excluding hydrogens is 431 g/mol. The highest BCUT2D eigenvalue weighted by Gasteiger charge is 2.30. The van der Waals surface area contributed by atoms with Gasteiger partial charge >= 0.3 is 6.36 Å². The number of nitrogens with one attached hydrogen (secondary N) is 1. The lowest BCUT2D eigenvalue weighted by atomic mass is 10.1. The van der Waals surface area contributed by atoms with Crippen LogP contribution in [0.15, 0.2) is 52.5 Å². The van der Waals surface area contributed by atoms with Crippen molar-refractivity contribution in [3.63, 3.8) is 0 Å². The van der Waals surface area contributed by atoms with Crippen molar-refractivity contribution < 1.29 is 32.3 Å². The minimum atomic E-state index is -4.69. The number of hydrogen-bond acceptors (Lipinski definition) is 7. The number of aldehydes is 1. The van der Waals surface area contributed by atoms with E-state index in [1.807, 2.05) is 6.79 Å². The van der Waals surface area contributed by atoms with Crippen LogP contribution in [-0.4, -0.2) is 55.2 Å². The van der Waals surface area contributed by atoms with Gasteiger partial charge in [-0.15, -0.1) is 13.2 Å². The van der Waals surface area contributed by atoms with E-state index >= 15 is 0 Å². The summed E-state index contributed by atoms with van der Waals surface area (Å²) in [5.74, 6) is -0.335. The highest BCUT2D eigenvalue weighted by molar-refractivity contribution is 5.84. The number of benzene rings is 1. The topological polar surface area (TPSA) is 101 Å². The van der Waals surface area contributed by atoms with Crippen LogP contribution in [0, 0.1) is 0 Å². The molecule has 0 atom stereocenters. The molecular formula is C21H24F3N3O5. The molecule has 1 saturated heterocycles. The summed E-state index contributed by atoms with van der Waals surface area (Å²) in [5.41, 5.74) is 2.12. The smallest absolute Gasteiger partial charge is 0.406 e. The summed E-state index contributed by atoms with van der Waals surface area (Å²) in [5, 5.41) is 4.11. The Morgan fingerprint density at radius 3 is 2.31 bits per heavy atom. The first-order valence-electron chi connectivity index (χ1n) is 9.39. The molecule has 1 N–H and O–H groups in total. The monoisotopic (exact) mass is 455 g/mol. The Bertz CT molecular complexity index is 904. The molecule has 0 unspecified atom stereocenters. The molecule has 2 aromatic rings. The maximum atomic E-state index is 11.6. The minimum Gasteiger partial charge on any atom is -0.406 e. The third-order valence-electron chi connectivity index (χ3n) is 4.06. The molecule has 32 heavy (non-hydrogen) atoms. The van der Waals surface area contributed by atoms with E-state index in [9.17, 15) is 22.8 Å². The Morgan fingerprint density at radius 2 is 1.78 bits per heavy atom. The number of piperidine rings is 1. The van der Waals surface area contributed by atoms with E-state index < -0.39 is 6.36 Å². The van der Waals surface area contributed by atoms with Gasteiger partial charge in [-0.1, -0.05) is 5.16 Å². The second kappa shape index (κ2) is 13.8. The fourth-order valence-corrected chi connectivity index (χ4v) is 2.48. The number of carbonyl (C=O) groups excluding carboxylic acids is 2. The van der Waals surface area contributed by atoms with E-state index in [0.717, 1.165) is 49.5 Å². The highest BCUT2D eigenvalue weighted by Crippen LogP contribution is 2.22. The molecule has 1 aliphatic heterocycles. The maximum absolute atomic E-state index is 11.6. The standard InChI is InChI=1S/C12H17N3O2.C8H5F3O2.CH2O/c1-15-6-3-10(4-7-15)14-17-9-11-8-12(16)2-5-13-11;9-8(10,11)13-7-3-1-6(5-12)2-4-7;1-2/h2,5,8H,3-4,6-7,9H2,1H3,(H,13,16);1-5H;1H2. The van der Waals surface area contributed by atoms with E-state index in [4.69, 9.17) is 9.63 Å². The summed E-state index contributed by atoms with van der Waals surface area (Å²) in [6.07, 6.45) is -0.618. The predicted octanol–water partition coefficient (Wildman–Crippen LogP) is 3.19. The molecule has 1 fully saturated rings. The van der Waals surface area contributed by atoms with Gasteiger partial charge in [0.2, 0.25) is 0 Å². The van der Waals surface area contributed by atoms with Crippen LogP contribution in [0.2, 0.25) is 0 Å². The fraction of sp³-hybridized carbons (Fsp3) is 0.333. The largest absolute Gasteiger partial charge is 0.573 e. The van der Waals surface area contributed by atoms with Crippen molar-refractivity contribution in [1.29, 1.82) is 0 Å². The SMILES string of the molecule is C=O.CN1CCC(=NOCc2cc(=O)cc[nH]2)CC1.O=Cc1ccc(OC(F)(F)F)cc1. The number of carbonyl (C=O) groups is 2.